The molecule has 29 heavy (non-hydrogen) atoms. The normalized spacial score (nSPS) is 18.1. The van der Waals surface area contributed by atoms with Gasteiger partial charge in [-0.05, 0) is 37.1 Å². The lowest BCUT2D eigenvalue weighted by atomic mass is 10.0. The molecule has 0 radical (unpaired) electrons. The summed E-state index contributed by atoms with van der Waals surface area (Å²) in [4.78, 5) is 13.3. The number of hydrogen-bond donors (Lipinski definition) is 2. The first-order valence-electron chi connectivity index (χ1n) is 9.48. The van der Waals surface area contributed by atoms with E-state index in [0.717, 1.165) is 23.4 Å². The monoisotopic (exact) mass is 427 g/mol. The van der Waals surface area contributed by atoms with Crippen LogP contribution in [-0.4, -0.2) is 26.0 Å². The van der Waals surface area contributed by atoms with Crippen LogP contribution >= 0.6 is 23.4 Å². The van der Waals surface area contributed by atoms with Crippen LogP contribution in [0.15, 0.2) is 47.6 Å². The van der Waals surface area contributed by atoms with E-state index in [1.807, 2.05) is 43.6 Å². The van der Waals surface area contributed by atoms with Crippen LogP contribution in [0, 0.1) is 13.8 Å². The second kappa shape index (κ2) is 8.08. The maximum absolute atomic E-state index is 13.3. The summed E-state index contributed by atoms with van der Waals surface area (Å²) in [5.41, 5.74) is 7.23. The average molecular weight is 428 g/mol. The van der Waals surface area contributed by atoms with Crippen LogP contribution in [0.5, 0.6) is 0 Å². The molecule has 1 aliphatic rings. The first-order valence-corrected chi connectivity index (χ1v) is 10.7. The number of rotatable bonds is 4. The zero-order chi connectivity index (χ0) is 20.5. The van der Waals surface area contributed by atoms with Crippen molar-refractivity contribution in [3.05, 3.63) is 70.0 Å². The summed E-state index contributed by atoms with van der Waals surface area (Å²) >= 11 is 7.64. The molecule has 1 aliphatic heterocycles. The Balaban J connectivity index is 1.69. The zero-order valence-corrected chi connectivity index (χ0v) is 18.0. The van der Waals surface area contributed by atoms with Gasteiger partial charge < -0.3 is 10.7 Å². The predicted octanol–water partition coefficient (Wildman–Crippen LogP) is 4.51. The van der Waals surface area contributed by atoms with Crippen molar-refractivity contribution < 1.29 is 4.79 Å². The molecule has 2 N–H and O–H groups in total. The Morgan fingerprint density at radius 2 is 1.97 bits per heavy atom. The minimum atomic E-state index is -0.419. The van der Waals surface area contributed by atoms with E-state index in [9.17, 15) is 4.79 Å². The molecule has 1 aromatic heterocycles. The second-order valence-electron chi connectivity index (χ2n) is 7.05. The molecular formula is C21H22ClN5OS. The van der Waals surface area contributed by atoms with Crippen molar-refractivity contribution in [3.63, 3.8) is 0 Å². The van der Waals surface area contributed by atoms with Crippen molar-refractivity contribution in [3.8, 4) is 0 Å². The summed E-state index contributed by atoms with van der Waals surface area (Å²) in [5, 5.41) is 12.4. The van der Waals surface area contributed by atoms with Gasteiger partial charge in [-0.2, -0.15) is 0 Å². The molecule has 3 aromatic rings. The molecule has 1 amide bonds. The third kappa shape index (κ3) is 3.84. The number of aryl methyl sites for hydroxylation is 2. The lowest BCUT2D eigenvalue weighted by Crippen LogP contribution is -2.41. The smallest absolute Gasteiger partial charge is 0.240 e. The number of hydrogen-bond acceptors (Lipinski definition) is 5. The van der Waals surface area contributed by atoms with Gasteiger partial charge in [-0.15, -0.1) is 10.2 Å². The van der Waals surface area contributed by atoms with Gasteiger partial charge in [0.15, 0.2) is 5.82 Å². The van der Waals surface area contributed by atoms with E-state index in [2.05, 4.69) is 45.2 Å². The highest BCUT2D eigenvalue weighted by Crippen LogP contribution is 2.38. The number of carbonyl (C=O) groups excluding carboxylic acids is 1. The highest BCUT2D eigenvalue weighted by Gasteiger charge is 2.37. The summed E-state index contributed by atoms with van der Waals surface area (Å²) in [5.74, 6) is 0.736. The number of anilines is 1. The van der Waals surface area contributed by atoms with Gasteiger partial charge >= 0.3 is 0 Å². The minimum Gasteiger partial charge on any atom is -0.325 e. The SMILES string of the molecule is CCc1nnc2n1N[C@H](c1ccc(C)cc1)[C@@H](C(=O)Nc1cccc(Cl)c1C)S2. The van der Waals surface area contributed by atoms with Crippen LogP contribution in [0.25, 0.3) is 0 Å². The van der Waals surface area contributed by atoms with Gasteiger partial charge in [-0.3, -0.25) is 4.79 Å². The summed E-state index contributed by atoms with van der Waals surface area (Å²) in [6.07, 6.45) is 0.750. The lowest BCUT2D eigenvalue weighted by molar-refractivity contribution is -0.116. The van der Waals surface area contributed by atoms with E-state index >= 15 is 0 Å². The minimum absolute atomic E-state index is 0.106. The van der Waals surface area contributed by atoms with Crippen LogP contribution in [0.1, 0.15) is 35.5 Å². The van der Waals surface area contributed by atoms with Crippen LogP contribution in [0.4, 0.5) is 5.69 Å². The molecule has 2 aromatic carbocycles. The fraction of sp³-hybridized carbons (Fsp3) is 0.286. The standard InChI is InChI=1S/C21H22ClN5OS/c1-4-17-24-25-21-27(17)26-18(14-10-8-12(2)9-11-14)19(29-21)20(28)23-16-7-5-6-15(22)13(16)3/h5-11,18-19,26H,4H2,1-3H3,(H,23,28)/t18-,19+/m1/s1. The number of carbonyl (C=O) groups is 1. The van der Waals surface area contributed by atoms with E-state index in [-0.39, 0.29) is 11.9 Å². The molecular weight excluding hydrogens is 406 g/mol. The highest BCUT2D eigenvalue weighted by atomic mass is 35.5. The number of benzene rings is 2. The Kier molecular flexibility index (Phi) is 5.52. The quantitative estimate of drug-likeness (QED) is 0.641. The molecule has 0 spiro atoms. The Bertz CT molecular complexity index is 1050. The Hall–Kier alpha value is -2.51. The van der Waals surface area contributed by atoms with Gasteiger partial charge in [-0.25, -0.2) is 4.68 Å². The number of thioether (sulfide) groups is 1. The molecule has 2 heterocycles. The van der Waals surface area contributed by atoms with Gasteiger partial charge in [0.1, 0.15) is 5.25 Å². The summed E-state index contributed by atoms with van der Waals surface area (Å²) in [7, 11) is 0. The number of fused-ring (bicyclic) bond motifs is 1. The van der Waals surface area contributed by atoms with Crippen molar-refractivity contribution >= 4 is 35.0 Å². The van der Waals surface area contributed by atoms with Gasteiger partial charge in [0.05, 0.1) is 6.04 Å². The van der Waals surface area contributed by atoms with Gasteiger partial charge in [0.25, 0.3) is 0 Å². The molecule has 2 atom stereocenters. The van der Waals surface area contributed by atoms with Crippen molar-refractivity contribution in [2.75, 3.05) is 10.7 Å². The van der Waals surface area contributed by atoms with E-state index in [0.29, 0.717) is 15.9 Å². The molecule has 0 saturated heterocycles. The van der Waals surface area contributed by atoms with Crippen molar-refractivity contribution in [1.82, 2.24) is 14.9 Å². The third-order valence-corrected chi connectivity index (χ3v) is 6.67. The van der Waals surface area contributed by atoms with Crippen LogP contribution in [-0.2, 0) is 11.2 Å². The molecule has 0 aliphatic carbocycles. The van der Waals surface area contributed by atoms with E-state index < -0.39 is 5.25 Å². The van der Waals surface area contributed by atoms with Crippen LogP contribution < -0.4 is 10.7 Å². The number of amides is 1. The number of halogens is 1. The summed E-state index contributed by atoms with van der Waals surface area (Å²) in [6, 6.07) is 13.5. The highest BCUT2D eigenvalue weighted by molar-refractivity contribution is 8.00. The number of nitrogens with one attached hydrogen (secondary N) is 2. The van der Waals surface area contributed by atoms with Crippen molar-refractivity contribution in [1.29, 1.82) is 0 Å². The van der Waals surface area contributed by atoms with Gasteiger partial charge in [0, 0.05) is 17.1 Å². The zero-order valence-electron chi connectivity index (χ0n) is 16.4. The molecule has 150 valence electrons. The van der Waals surface area contributed by atoms with Crippen molar-refractivity contribution in [2.24, 2.45) is 0 Å². The largest absolute Gasteiger partial charge is 0.325 e. The molecule has 0 saturated carbocycles. The summed E-state index contributed by atoms with van der Waals surface area (Å²) < 4.78 is 1.89. The number of nitrogens with zero attached hydrogens (tertiary/aromatic N) is 3. The van der Waals surface area contributed by atoms with Crippen LogP contribution in [0.2, 0.25) is 5.02 Å². The second-order valence-corrected chi connectivity index (χ2v) is 8.56. The van der Waals surface area contributed by atoms with E-state index in [4.69, 9.17) is 11.6 Å². The average Bonchev–Trinajstić information content (AvgIpc) is 3.13. The fourth-order valence-electron chi connectivity index (χ4n) is 3.30. The van der Waals surface area contributed by atoms with Gasteiger partial charge in [-0.1, -0.05) is 66.2 Å². The molecule has 4 rings (SSSR count). The lowest BCUT2D eigenvalue weighted by Gasteiger charge is -2.33. The molecule has 0 fully saturated rings. The molecule has 8 heteroatoms. The maximum Gasteiger partial charge on any atom is 0.240 e. The first-order chi connectivity index (χ1) is 14.0. The molecule has 0 bridgehead atoms. The van der Waals surface area contributed by atoms with Crippen LogP contribution in [0.3, 0.4) is 0 Å². The first kappa shape index (κ1) is 19.8. The topological polar surface area (TPSA) is 71.8 Å². The third-order valence-electron chi connectivity index (χ3n) is 5.04. The van der Waals surface area contributed by atoms with Gasteiger partial charge in [0.2, 0.25) is 11.1 Å². The Morgan fingerprint density at radius 1 is 1.21 bits per heavy atom. The van der Waals surface area contributed by atoms with E-state index in [1.165, 1.54) is 17.3 Å². The molecule has 0 unspecified atom stereocenters. The maximum atomic E-state index is 13.3. The Labute approximate surface area is 179 Å². The predicted molar refractivity (Wildman–Crippen MR) is 117 cm³/mol. The fourth-order valence-corrected chi connectivity index (χ4v) is 4.57. The van der Waals surface area contributed by atoms with Crippen molar-refractivity contribution in [2.45, 2.75) is 43.6 Å². The van der Waals surface area contributed by atoms with E-state index in [1.54, 1.807) is 0 Å². The number of aromatic nitrogens is 3. The summed E-state index contributed by atoms with van der Waals surface area (Å²) in [6.45, 7) is 5.98. The Morgan fingerprint density at radius 3 is 2.69 bits per heavy atom. The molecule has 6 nitrogen and oxygen atoms in total.